The van der Waals surface area contributed by atoms with Gasteiger partial charge in [0.05, 0.1) is 11.6 Å². The molecule has 0 aliphatic rings. The number of aryl methyl sites for hydroxylation is 2. The van der Waals surface area contributed by atoms with Crippen LogP contribution in [0.3, 0.4) is 0 Å². The Kier molecular flexibility index (Phi) is 6.86. The molecule has 120 valence electrons. The van der Waals surface area contributed by atoms with Crippen LogP contribution in [0, 0.1) is 0 Å². The van der Waals surface area contributed by atoms with Gasteiger partial charge in [0.15, 0.2) is 5.96 Å². The van der Waals surface area contributed by atoms with Crippen LogP contribution in [0.4, 0.5) is 0 Å². The topological polar surface area (TPSA) is 49.3 Å². The third-order valence-corrected chi connectivity index (χ3v) is 5.73. The van der Waals surface area contributed by atoms with E-state index in [1.54, 1.807) is 18.4 Å². The minimum Gasteiger partial charge on any atom is -0.356 e. The number of nitrogens with zero attached hydrogens (tertiary/aromatic N) is 2. The Morgan fingerprint density at radius 2 is 1.86 bits per heavy atom. The molecule has 6 heteroatoms. The first-order valence-corrected chi connectivity index (χ1v) is 9.34. The van der Waals surface area contributed by atoms with Crippen LogP contribution < -0.4 is 10.6 Å². The molecule has 2 aromatic heterocycles. The highest BCUT2D eigenvalue weighted by atomic mass is 32.1. The first-order chi connectivity index (χ1) is 10.7. The van der Waals surface area contributed by atoms with Gasteiger partial charge in [0.25, 0.3) is 0 Å². The Labute approximate surface area is 140 Å². The van der Waals surface area contributed by atoms with Crippen molar-refractivity contribution in [2.24, 2.45) is 4.99 Å². The molecule has 0 radical (unpaired) electrons. The van der Waals surface area contributed by atoms with Crippen LogP contribution in [-0.4, -0.2) is 24.5 Å². The average Bonchev–Trinajstić information content (AvgIpc) is 3.19. The number of aliphatic imine (C=N–C) groups is 1. The number of aromatic nitrogens is 1. The van der Waals surface area contributed by atoms with Gasteiger partial charge in [0, 0.05) is 40.8 Å². The fraction of sp³-hybridized carbons (Fsp3) is 0.500. The molecule has 0 aliphatic heterocycles. The van der Waals surface area contributed by atoms with Crippen LogP contribution in [-0.2, 0) is 25.8 Å². The van der Waals surface area contributed by atoms with Crippen molar-refractivity contribution < 1.29 is 0 Å². The summed E-state index contributed by atoms with van der Waals surface area (Å²) in [5.74, 6) is 0.846. The van der Waals surface area contributed by atoms with E-state index < -0.39 is 0 Å². The molecule has 0 saturated heterocycles. The highest BCUT2D eigenvalue weighted by molar-refractivity contribution is 7.12. The zero-order valence-electron chi connectivity index (χ0n) is 13.5. The van der Waals surface area contributed by atoms with Crippen molar-refractivity contribution in [2.75, 3.05) is 13.6 Å². The van der Waals surface area contributed by atoms with Crippen LogP contribution in [0.2, 0.25) is 0 Å². The smallest absolute Gasteiger partial charge is 0.191 e. The van der Waals surface area contributed by atoms with Gasteiger partial charge < -0.3 is 10.6 Å². The van der Waals surface area contributed by atoms with Crippen molar-refractivity contribution in [1.29, 1.82) is 0 Å². The molecule has 0 unspecified atom stereocenters. The van der Waals surface area contributed by atoms with Crippen LogP contribution in [0.5, 0.6) is 0 Å². The summed E-state index contributed by atoms with van der Waals surface area (Å²) in [6.45, 7) is 6.02. The fourth-order valence-corrected chi connectivity index (χ4v) is 3.77. The summed E-state index contributed by atoms with van der Waals surface area (Å²) in [6.07, 6.45) is 5.08. The second-order valence-electron chi connectivity index (χ2n) is 4.90. The Balaban J connectivity index is 1.72. The van der Waals surface area contributed by atoms with Crippen molar-refractivity contribution in [3.63, 3.8) is 0 Å². The van der Waals surface area contributed by atoms with E-state index in [0.29, 0.717) is 0 Å². The maximum Gasteiger partial charge on any atom is 0.191 e. The van der Waals surface area contributed by atoms with Crippen LogP contribution >= 0.6 is 22.7 Å². The van der Waals surface area contributed by atoms with E-state index in [9.17, 15) is 0 Å². The fourth-order valence-electron chi connectivity index (χ4n) is 2.01. The summed E-state index contributed by atoms with van der Waals surface area (Å²) < 4.78 is 0. The van der Waals surface area contributed by atoms with Gasteiger partial charge in [-0.25, -0.2) is 4.98 Å². The zero-order chi connectivity index (χ0) is 15.8. The third kappa shape index (κ3) is 5.10. The van der Waals surface area contributed by atoms with Gasteiger partial charge in [-0.2, -0.15) is 0 Å². The Hall–Kier alpha value is -1.40. The molecule has 0 fully saturated rings. The lowest BCUT2D eigenvalue weighted by molar-refractivity contribution is 0.796. The molecule has 0 bridgehead atoms. The van der Waals surface area contributed by atoms with E-state index in [-0.39, 0.29) is 0 Å². The number of thiophene rings is 1. The number of guanidine groups is 1. The summed E-state index contributed by atoms with van der Waals surface area (Å²) in [4.78, 5) is 12.8. The number of thiazole rings is 1. The lowest BCUT2D eigenvalue weighted by atomic mass is 10.3. The number of nitrogens with one attached hydrogen (secondary N) is 2. The summed E-state index contributed by atoms with van der Waals surface area (Å²) in [5.41, 5.74) is 0. The molecule has 2 aromatic rings. The largest absolute Gasteiger partial charge is 0.356 e. The van der Waals surface area contributed by atoms with E-state index in [1.165, 1.54) is 19.6 Å². The minimum absolute atomic E-state index is 0.821. The minimum atomic E-state index is 0.821. The van der Waals surface area contributed by atoms with Gasteiger partial charge in [-0.15, -0.1) is 22.7 Å². The van der Waals surface area contributed by atoms with E-state index >= 15 is 0 Å². The molecule has 0 aromatic carbocycles. The molecule has 0 aliphatic carbocycles. The summed E-state index contributed by atoms with van der Waals surface area (Å²) in [6, 6.07) is 4.39. The van der Waals surface area contributed by atoms with E-state index in [0.717, 1.165) is 38.3 Å². The van der Waals surface area contributed by atoms with Crippen molar-refractivity contribution in [3.05, 3.63) is 38.0 Å². The molecule has 22 heavy (non-hydrogen) atoms. The molecule has 0 amide bonds. The van der Waals surface area contributed by atoms with E-state index in [4.69, 9.17) is 0 Å². The van der Waals surface area contributed by atoms with Gasteiger partial charge >= 0.3 is 0 Å². The van der Waals surface area contributed by atoms with Crippen molar-refractivity contribution >= 4 is 28.6 Å². The molecule has 0 spiro atoms. The number of hydrogen-bond donors (Lipinski definition) is 2. The number of rotatable bonds is 7. The summed E-state index contributed by atoms with van der Waals surface area (Å²) in [7, 11) is 1.81. The standard InChI is InChI=1S/C16H24N4S2/c1-4-12-6-7-14(21-12)11-20-16(17-3)18-9-8-15-19-10-13(5-2)22-15/h6-7,10H,4-5,8-9,11H2,1-3H3,(H2,17,18,20). The monoisotopic (exact) mass is 336 g/mol. The quantitative estimate of drug-likeness (QED) is 0.603. The first kappa shape index (κ1) is 17.0. The molecule has 2 N–H and O–H groups in total. The van der Waals surface area contributed by atoms with Gasteiger partial charge in [0.1, 0.15) is 0 Å². The predicted molar refractivity (Wildman–Crippen MR) is 97.1 cm³/mol. The Morgan fingerprint density at radius 1 is 1.09 bits per heavy atom. The van der Waals surface area contributed by atoms with Crippen LogP contribution in [0.15, 0.2) is 23.3 Å². The highest BCUT2D eigenvalue weighted by Gasteiger charge is 2.03. The van der Waals surface area contributed by atoms with Crippen molar-refractivity contribution in [1.82, 2.24) is 15.6 Å². The molecular formula is C16H24N4S2. The molecular weight excluding hydrogens is 312 g/mol. The number of hydrogen-bond acceptors (Lipinski definition) is 4. The van der Waals surface area contributed by atoms with Crippen LogP contribution in [0.1, 0.15) is 33.5 Å². The van der Waals surface area contributed by atoms with Gasteiger partial charge in [-0.3, -0.25) is 4.99 Å². The Morgan fingerprint density at radius 3 is 2.50 bits per heavy atom. The first-order valence-electron chi connectivity index (χ1n) is 7.70. The highest BCUT2D eigenvalue weighted by Crippen LogP contribution is 2.16. The maximum atomic E-state index is 4.44. The van der Waals surface area contributed by atoms with Gasteiger partial charge in [-0.05, 0) is 25.0 Å². The second-order valence-corrected chi connectivity index (χ2v) is 7.35. The molecule has 0 saturated carbocycles. The van der Waals surface area contributed by atoms with Gasteiger partial charge in [-0.1, -0.05) is 13.8 Å². The lowest BCUT2D eigenvalue weighted by Crippen LogP contribution is -2.37. The SMILES string of the molecule is CCc1ccc(CNC(=NC)NCCc2ncc(CC)s2)s1. The van der Waals surface area contributed by atoms with E-state index in [1.807, 2.05) is 17.5 Å². The lowest BCUT2D eigenvalue weighted by Gasteiger charge is -2.10. The Bertz CT molecular complexity index is 601. The third-order valence-electron chi connectivity index (χ3n) is 3.30. The summed E-state index contributed by atoms with van der Waals surface area (Å²) in [5, 5.41) is 7.89. The molecule has 2 rings (SSSR count). The molecule has 4 nitrogen and oxygen atoms in total. The van der Waals surface area contributed by atoms with Crippen LogP contribution in [0.25, 0.3) is 0 Å². The zero-order valence-corrected chi connectivity index (χ0v) is 15.1. The van der Waals surface area contributed by atoms with E-state index in [2.05, 4.69) is 46.6 Å². The van der Waals surface area contributed by atoms with Crippen molar-refractivity contribution in [3.8, 4) is 0 Å². The summed E-state index contributed by atoms with van der Waals surface area (Å²) >= 11 is 3.66. The normalized spacial score (nSPS) is 11.7. The maximum absolute atomic E-state index is 4.44. The molecule has 2 heterocycles. The van der Waals surface area contributed by atoms with Gasteiger partial charge in [0.2, 0.25) is 0 Å². The van der Waals surface area contributed by atoms with Crippen molar-refractivity contribution in [2.45, 2.75) is 39.7 Å². The molecule has 0 atom stereocenters. The average molecular weight is 337 g/mol. The predicted octanol–water partition coefficient (Wildman–Crippen LogP) is 3.24. The second kappa shape index (κ2) is 8.90.